The molecule has 1 saturated heterocycles. The number of carbonyl (C=O) groups is 2. The number of aryl methyl sites for hydroxylation is 1. The van der Waals surface area contributed by atoms with Crippen LogP contribution in [0.15, 0.2) is 0 Å². The molecule has 2 N–H and O–H groups in total. The lowest BCUT2D eigenvalue weighted by molar-refractivity contribution is -0.135. The number of imide groups is 1. The maximum absolute atomic E-state index is 12.0. The lowest BCUT2D eigenvalue weighted by Gasteiger charge is -2.41. The van der Waals surface area contributed by atoms with Crippen LogP contribution in [0.1, 0.15) is 25.2 Å². The number of anilines is 2. The van der Waals surface area contributed by atoms with Gasteiger partial charge in [0.2, 0.25) is 5.91 Å². The molecule has 0 spiro atoms. The first kappa shape index (κ1) is 14.2. The first-order valence-electron chi connectivity index (χ1n) is 6.42. The van der Waals surface area contributed by atoms with Crippen molar-refractivity contribution >= 4 is 23.5 Å². The summed E-state index contributed by atoms with van der Waals surface area (Å²) in [7, 11) is 1.78. The second-order valence-corrected chi connectivity index (χ2v) is 5.34. The van der Waals surface area contributed by atoms with Gasteiger partial charge in [0.1, 0.15) is 23.0 Å². The second kappa shape index (κ2) is 4.73. The van der Waals surface area contributed by atoms with Crippen molar-refractivity contribution in [1.82, 2.24) is 15.3 Å². The van der Waals surface area contributed by atoms with Gasteiger partial charge in [-0.1, -0.05) is 0 Å². The molecule has 0 unspecified atom stereocenters. The number of piperazine rings is 1. The molecule has 2 heterocycles. The Hall–Kier alpha value is -2.18. The summed E-state index contributed by atoms with van der Waals surface area (Å²) in [6.07, 6.45) is 0. The quantitative estimate of drug-likeness (QED) is 0.760. The molecule has 0 aromatic carbocycles. The van der Waals surface area contributed by atoms with Crippen LogP contribution in [0.4, 0.5) is 11.6 Å². The van der Waals surface area contributed by atoms with Gasteiger partial charge in [-0.05, 0) is 27.7 Å². The minimum absolute atomic E-state index is 0.0964. The molecular formula is C13H19N5O2. The van der Waals surface area contributed by atoms with Crippen molar-refractivity contribution in [2.24, 2.45) is 0 Å². The van der Waals surface area contributed by atoms with E-state index in [1.54, 1.807) is 32.7 Å². The summed E-state index contributed by atoms with van der Waals surface area (Å²) in [5, 5.41) is 5.36. The van der Waals surface area contributed by atoms with Crippen LogP contribution in [0.25, 0.3) is 0 Å². The number of aromatic nitrogens is 2. The highest BCUT2D eigenvalue weighted by Crippen LogP contribution is 2.30. The number of hydrogen-bond donors (Lipinski definition) is 2. The Kier molecular flexibility index (Phi) is 3.37. The molecule has 1 aliphatic rings. The number of hydrogen-bond acceptors (Lipinski definition) is 6. The Labute approximate surface area is 117 Å². The topological polar surface area (TPSA) is 87.2 Å². The molecule has 108 valence electrons. The summed E-state index contributed by atoms with van der Waals surface area (Å²) >= 11 is 0. The average molecular weight is 277 g/mol. The Bertz CT molecular complexity index is 582. The van der Waals surface area contributed by atoms with Crippen LogP contribution in [0.3, 0.4) is 0 Å². The van der Waals surface area contributed by atoms with E-state index in [1.807, 2.05) is 6.92 Å². The summed E-state index contributed by atoms with van der Waals surface area (Å²) in [5.41, 5.74) is -0.0292. The van der Waals surface area contributed by atoms with Crippen molar-refractivity contribution in [3.8, 4) is 0 Å². The number of nitrogens with one attached hydrogen (secondary N) is 2. The van der Waals surface area contributed by atoms with E-state index in [0.717, 1.165) is 5.56 Å². The van der Waals surface area contributed by atoms with Gasteiger partial charge in [-0.25, -0.2) is 9.97 Å². The molecule has 2 rings (SSSR count). The Morgan fingerprint density at radius 3 is 2.50 bits per heavy atom. The first-order chi connectivity index (χ1) is 9.27. The SMILES string of the molecule is CNc1nc(C)nc(N2CC(=O)NC(=O)C2(C)C)c1C. The Balaban J connectivity index is 2.57. The Morgan fingerprint density at radius 2 is 1.90 bits per heavy atom. The van der Waals surface area contributed by atoms with Crippen molar-refractivity contribution in [3.63, 3.8) is 0 Å². The lowest BCUT2D eigenvalue weighted by atomic mass is 9.98. The number of amides is 2. The predicted molar refractivity (Wildman–Crippen MR) is 75.6 cm³/mol. The van der Waals surface area contributed by atoms with Gasteiger partial charge in [-0.2, -0.15) is 0 Å². The molecule has 2 amide bonds. The third-order valence-electron chi connectivity index (χ3n) is 3.51. The number of carbonyl (C=O) groups excluding carboxylic acids is 2. The highest BCUT2D eigenvalue weighted by atomic mass is 16.2. The molecule has 7 nitrogen and oxygen atoms in total. The fourth-order valence-electron chi connectivity index (χ4n) is 2.24. The summed E-state index contributed by atoms with van der Waals surface area (Å²) in [6.45, 7) is 7.28. The minimum atomic E-state index is -0.843. The summed E-state index contributed by atoms with van der Waals surface area (Å²) in [6, 6.07) is 0. The van der Waals surface area contributed by atoms with E-state index in [1.165, 1.54) is 0 Å². The highest BCUT2D eigenvalue weighted by Gasteiger charge is 2.42. The molecule has 1 aliphatic heterocycles. The van der Waals surface area contributed by atoms with Gasteiger partial charge in [0.15, 0.2) is 0 Å². The normalized spacial score (nSPS) is 17.9. The van der Waals surface area contributed by atoms with Gasteiger partial charge in [0, 0.05) is 12.6 Å². The Morgan fingerprint density at radius 1 is 1.25 bits per heavy atom. The van der Waals surface area contributed by atoms with E-state index in [9.17, 15) is 9.59 Å². The van der Waals surface area contributed by atoms with Crippen LogP contribution < -0.4 is 15.5 Å². The largest absolute Gasteiger partial charge is 0.373 e. The van der Waals surface area contributed by atoms with E-state index < -0.39 is 5.54 Å². The highest BCUT2D eigenvalue weighted by molar-refractivity contribution is 6.06. The van der Waals surface area contributed by atoms with Crippen LogP contribution in [-0.4, -0.2) is 40.9 Å². The van der Waals surface area contributed by atoms with Crippen LogP contribution in [0.2, 0.25) is 0 Å². The van der Waals surface area contributed by atoms with Gasteiger partial charge < -0.3 is 10.2 Å². The van der Waals surface area contributed by atoms with Crippen LogP contribution in [0, 0.1) is 13.8 Å². The van der Waals surface area contributed by atoms with Crippen molar-refractivity contribution in [3.05, 3.63) is 11.4 Å². The monoisotopic (exact) mass is 277 g/mol. The van der Waals surface area contributed by atoms with E-state index in [4.69, 9.17) is 0 Å². The second-order valence-electron chi connectivity index (χ2n) is 5.34. The zero-order chi connectivity index (χ0) is 15.1. The summed E-state index contributed by atoms with van der Waals surface area (Å²) in [5.74, 6) is 1.24. The molecule has 0 atom stereocenters. The predicted octanol–water partition coefficient (Wildman–Crippen LogP) is 0.377. The maximum Gasteiger partial charge on any atom is 0.251 e. The summed E-state index contributed by atoms with van der Waals surface area (Å²) in [4.78, 5) is 34.1. The van der Waals surface area contributed by atoms with Gasteiger partial charge in [0.05, 0.1) is 6.54 Å². The molecule has 0 radical (unpaired) electrons. The van der Waals surface area contributed by atoms with Crippen molar-refractivity contribution in [2.75, 3.05) is 23.8 Å². The molecule has 0 saturated carbocycles. The van der Waals surface area contributed by atoms with E-state index in [2.05, 4.69) is 20.6 Å². The van der Waals surface area contributed by atoms with E-state index >= 15 is 0 Å². The first-order valence-corrected chi connectivity index (χ1v) is 6.42. The average Bonchev–Trinajstić information content (AvgIpc) is 2.36. The molecule has 20 heavy (non-hydrogen) atoms. The molecule has 7 heteroatoms. The van der Waals surface area contributed by atoms with E-state index in [0.29, 0.717) is 17.5 Å². The van der Waals surface area contributed by atoms with Gasteiger partial charge in [0.25, 0.3) is 5.91 Å². The zero-order valence-electron chi connectivity index (χ0n) is 12.4. The molecule has 1 fully saturated rings. The van der Waals surface area contributed by atoms with Crippen molar-refractivity contribution in [2.45, 2.75) is 33.2 Å². The standard InChI is InChI=1S/C13H19N5O2/c1-7-10(14-5)15-8(2)16-11(7)18-6-9(19)17-12(20)13(18,3)4/h6H2,1-5H3,(H,14,15,16)(H,17,19,20). The van der Waals surface area contributed by atoms with E-state index in [-0.39, 0.29) is 18.4 Å². The third kappa shape index (κ3) is 2.19. The number of rotatable bonds is 2. The fourth-order valence-corrected chi connectivity index (χ4v) is 2.24. The molecule has 0 bridgehead atoms. The molecule has 0 aliphatic carbocycles. The van der Waals surface area contributed by atoms with Crippen molar-refractivity contribution in [1.29, 1.82) is 0 Å². The van der Waals surface area contributed by atoms with Crippen molar-refractivity contribution < 1.29 is 9.59 Å². The fraction of sp³-hybridized carbons (Fsp3) is 0.538. The molecule has 1 aromatic heterocycles. The smallest absolute Gasteiger partial charge is 0.251 e. The zero-order valence-corrected chi connectivity index (χ0v) is 12.4. The van der Waals surface area contributed by atoms with Crippen LogP contribution in [0.5, 0.6) is 0 Å². The lowest BCUT2D eigenvalue weighted by Crippen LogP contribution is -2.64. The molecule has 1 aromatic rings. The maximum atomic E-state index is 12.0. The minimum Gasteiger partial charge on any atom is -0.373 e. The van der Waals surface area contributed by atoms with Crippen LogP contribution in [-0.2, 0) is 9.59 Å². The van der Waals surface area contributed by atoms with Gasteiger partial charge in [-0.15, -0.1) is 0 Å². The third-order valence-corrected chi connectivity index (χ3v) is 3.51. The van der Waals surface area contributed by atoms with Crippen LogP contribution >= 0.6 is 0 Å². The number of nitrogens with zero attached hydrogens (tertiary/aromatic N) is 3. The summed E-state index contributed by atoms with van der Waals surface area (Å²) < 4.78 is 0. The molecular weight excluding hydrogens is 258 g/mol. The van der Waals surface area contributed by atoms with Gasteiger partial charge >= 0.3 is 0 Å². The van der Waals surface area contributed by atoms with Gasteiger partial charge in [-0.3, -0.25) is 14.9 Å².